The highest BCUT2D eigenvalue weighted by molar-refractivity contribution is 14.1. The van der Waals surface area contributed by atoms with Crippen molar-refractivity contribution in [3.63, 3.8) is 0 Å². The number of nitrogens with two attached hydrogens (primary N) is 1. The Morgan fingerprint density at radius 2 is 2.07 bits per heavy atom. The Balaban J connectivity index is 2.06. The van der Waals surface area contributed by atoms with Crippen molar-refractivity contribution in [2.45, 2.75) is 12.5 Å². The number of nitrogens with zero attached hydrogens (tertiary/aromatic N) is 1. The molecule has 1 heterocycles. The summed E-state index contributed by atoms with van der Waals surface area (Å²) in [4.78, 5) is 4.22. The zero-order chi connectivity index (χ0) is 10.7. The van der Waals surface area contributed by atoms with Gasteiger partial charge >= 0.3 is 0 Å². The van der Waals surface area contributed by atoms with E-state index in [1.807, 2.05) is 10.9 Å². The summed E-state index contributed by atoms with van der Waals surface area (Å²) >= 11 is 3.89. The largest absolute Gasteiger partial charge is 0.322 e. The third kappa shape index (κ3) is 2.99. The van der Waals surface area contributed by atoms with Gasteiger partial charge in [0, 0.05) is 8.95 Å². The molecule has 1 atom stereocenters. The van der Waals surface area contributed by atoms with Crippen LogP contribution in [0.25, 0.3) is 0 Å². The van der Waals surface area contributed by atoms with Crippen LogP contribution in [0.15, 0.2) is 35.2 Å². The Kier molecular flexibility index (Phi) is 3.71. The van der Waals surface area contributed by atoms with E-state index < -0.39 is 0 Å². The monoisotopic (exact) mass is 330 g/mol. The van der Waals surface area contributed by atoms with E-state index in [0.29, 0.717) is 0 Å². The lowest BCUT2D eigenvalue weighted by Crippen LogP contribution is -2.13. The van der Waals surface area contributed by atoms with Crippen molar-refractivity contribution in [3.8, 4) is 0 Å². The molecule has 0 aliphatic carbocycles. The second-order valence-corrected chi connectivity index (χ2v) is 5.31. The van der Waals surface area contributed by atoms with Gasteiger partial charge in [-0.25, -0.2) is 4.98 Å². The van der Waals surface area contributed by atoms with Gasteiger partial charge in [0.25, 0.3) is 0 Å². The molecule has 0 aliphatic heterocycles. The van der Waals surface area contributed by atoms with Gasteiger partial charge in [-0.15, -0.1) is 11.3 Å². The summed E-state index contributed by atoms with van der Waals surface area (Å²) in [5.41, 5.74) is 10.1. The van der Waals surface area contributed by atoms with Crippen molar-refractivity contribution in [2.75, 3.05) is 0 Å². The minimum atomic E-state index is 0.0105. The van der Waals surface area contributed by atoms with Crippen LogP contribution in [0.2, 0.25) is 0 Å². The van der Waals surface area contributed by atoms with Crippen LogP contribution in [0.4, 0.5) is 0 Å². The Hall–Kier alpha value is -0.460. The zero-order valence-electron chi connectivity index (χ0n) is 8.06. The fourth-order valence-corrected chi connectivity index (χ4v) is 2.36. The first-order valence-electron chi connectivity index (χ1n) is 4.64. The molecule has 15 heavy (non-hydrogen) atoms. The number of benzene rings is 1. The summed E-state index contributed by atoms with van der Waals surface area (Å²) in [5.74, 6) is 0. The number of aromatic nitrogens is 1. The van der Waals surface area contributed by atoms with Crippen LogP contribution in [0, 0.1) is 3.57 Å². The van der Waals surface area contributed by atoms with E-state index in [-0.39, 0.29) is 6.04 Å². The molecule has 0 aliphatic rings. The van der Waals surface area contributed by atoms with Crippen LogP contribution in [-0.4, -0.2) is 4.98 Å². The first kappa shape index (κ1) is 11.0. The van der Waals surface area contributed by atoms with Crippen LogP contribution in [0.5, 0.6) is 0 Å². The highest BCUT2D eigenvalue weighted by Gasteiger charge is 2.08. The molecule has 0 saturated carbocycles. The maximum Gasteiger partial charge on any atom is 0.0795 e. The Labute approximate surface area is 107 Å². The van der Waals surface area contributed by atoms with Crippen molar-refractivity contribution >= 4 is 33.9 Å². The van der Waals surface area contributed by atoms with Gasteiger partial charge in [-0.1, -0.05) is 12.1 Å². The van der Waals surface area contributed by atoms with E-state index >= 15 is 0 Å². The van der Waals surface area contributed by atoms with Crippen LogP contribution in [-0.2, 0) is 6.42 Å². The molecule has 78 valence electrons. The highest BCUT2D eigenvalue weighted by Crippen LogP contribution is 2.16. The minimum Gasteiger partial charge on any atom is -0.322 e. The minimum absolute atomic E-state index is 0.0105. The SMILES string of the molecule is NC(Cc1ccc(I)cc1)c1cscn1. The Bertz CT molecular complexity index is 411. The second kappa shape index (κ2) is 5.05. The van der Waals surface area contributed by atoms with Crippen molar-refractivity contribution in [1.29, 1.82) is 0 Å². The van der Waals surface area contributed by atoms with Crippen molar-refractivity contribution in [2.24, 2.45) is 5.73 Å². The lowest BCUT2D eigenvalue weighted by atomic mass is 10.1. The van der Waals surface area contributed by atoms with Gasteiger partial charge in [0.15, 0.2) is 0 Å². The van der Waals surface area contributed by atoms with E-state index in [1.165, 1.54) is 9.13 Å². The molecule has 2 nitrogen and oxygen atoms in total. The molecule has 0 fully saturated rings. The predicted octanol–water partition coefficient (Wildman–Crippen LogP) is 2.99. The van der Waals surface area contributed by atoms with E-state index in [4.69, 9.17) is 5.73 Å². The molecule has 0 spiro atoms. The van der Waals surface area contributed by atoms with E-state index in [9.17, 15) is 0 Å². The van der Waals surface area contributed by atoms with Crippen LogP contribution >= 0.6 is 33.9 Å². The number of rotatable bonds is 3. The summed E-state index contributed by atoms with van der Waals surface area (Å²) in [5, 5.41) is 2.01. The molecule has 2 rings (SSSR count). The van der Waals surface area contributed by atoms with Gasteiger partial charge in [0.05, 0.1) is 17.2 Å². The normalized spacial score (nSPS) is 12.7. The summed E-state index contributed by atoms with van der Waals surface area (Å²) < 4.78 is 1.25. The third-order valence-corrected chi connectivity index (χ3v) is 3.52. The van der Waals surface area contributed by atoms with E-state index in [1.54, 1.807) is 11.3 Å². The number of thiazole rings is 1. The van der Waals surface area contributed by atoms with Gasteiger partial charge in [0.2, 0.25) is 0 Å². The molecule has 0 radical (unpaired) electrons. The number of halogens is 1. The van der Waals surface area contributed by atoms with Gasteiger partial charge in [-0.05, 0) is 46.7 Å². The molecule has 2 aromatic rings. The van der Waals surface area contributed by atoms with Crippen LogP contribution < -0.4 is 5.73 Å². The van der Waals surface area contributed by atoms with E-state index in [2.05, 4.69) is 51.8 Å². The molecular formula is C11H11IN2S. The van der Waals surface area contributed by atoms with Crippen molar-refractivity contribution in [3.05, 3.63) is 50.0 Å². The van der Waals surface area contributed by atoms with Gasteiger partial charge in [-0.2, -0.15) is 0 Å². The smallest absolute Gasteiger partial charge is 0.0795 e. The Morgan fingerprint density at radius 1 is 1.33 bits per heavy atom. The topological polar surface area (TPSA) is 38.9 Å². The third-order valence-electron chi connectivity index (χ3n) is 2.20. The maximum atomic E-state index is 6.05. The lowest BCUT2D eigenvalue weighted by molar-refractivity contribution is 0.702. The molecule has 0 saturated heterocycles. The number of hydrogen-bond donors (Lipinski definition) is 1. The first-order valence-corrected chi connectivity index (χ1v) is 6.66. The summed E-state index contributed by atoms with van der Waals surface area (Å²) in [7, 11) is 0. The summed E-state index contributed by atoms with van der Waals surface area (Å²) in [6.45, 7) is 0. The number of hydrogen-bond acceptors (Lipinski definition) is 3. The molecule has 2 N–H and O–H groups in total. The van der Waals surface area contributed by atoms with Crippen molar-refractivity contribution in [1.82, 2.24) is 4.98 Å². The average Bonchev–Trinajstić information content (AvgIpc) is 2.74. The highest BCUT2D eigenvalue weighted by atomic mass is 127. The lowest BCUT2D eigenvalue weighted by Gasteiger charge is -2.08. The zero-order valence-corrected chi connectivity index (χ0v) is 11.0. The Morgan fingerprint density at radius 3 is 2.67 bits per heavy atom. The van der Waals surface area contributed by atoms with Crippen molar-refractivity contribution < 1.29 is 0 Å². The van der Waals surface area contributed by atoms with Gasteiger partial charge in [-0.3, -0.25) is 0 Å². The van der Waals surface area contributed by atoms with Gasteiger partial charge < -0.3 is 5.73 Å². The van der Waals surface area contributed by atoms with Gasteiger partial charge in [0.1, 0.15) is 0 Å². The predicted molar refractivity (Wildman–Crippen MR) is 71.9 cm³/mol. The summed E-state index contributed by atoms with van der Waals surface area (Å²) in [6.07, 6.45) is 0.848. The maximum absolute atomic E-state index is 6.05. The quantitative estimate of drug-likeness (QED) is 0.879. The molecule has 1 aromatic carbocycles. The molecular weight excluding hydrogens is 319 g/mol. The molecule has 1 aromatic heterocycles. The fourth-order valence-electron chi connectivity index (χ4n) is 1.38. The molecule has 0 amide bonds. The second-order valence-electron chi connectivity index (χ2n) is 3.35. The average molecular weight is 330 g/mol. The molecule has 4 heteroatoms. The molecule has 0 bridgehead atoms. The van der Waals surface area contributed by atoms with Crippen LogP contribution in [0.1, 0.15) is 17.3 Å². The standard InChI is InChI=1S/C11H11IN2S/c12-9-3-1-8(2-4-9)5-10(13)11-6-15-7-14-11/h1-4,6-7,10H,5,13H2. The van der Waals surface area contributed by atoms with Crippen LogP contribution in [0.3, 0.4) is 0 Å². The molecule has 1 unspecified atom stereocenters. The first-order chi connectivity index (χ1) is 7.25. The fraction of sp³-hybridized carbons (Fsp3) is 0.182. The van der Waals surface area contributed by atoms with E-state index in [0.717, 1.165) is 12.1 Å². The summed E-state index contributed by atoms with van der Waals surface area (Å²) in [6, 6.07) is 8.45.